The molecule has 0 bridgehead atoms. The molecule has 1 atom stereocenters. The number of Topliss-reactive ketones (excluding diaryl/α,β-unsaturated/α-hetero) is 1. The monoisotopic (exact) mass is 379 g/mol. The van der Waals surface area contributed by atoms with Crippen LogP contribution in [-0.2, 0) is 14.4 Å². The summed E-state index contributed by atoms with van der Waals surface area (Å²) in [5.74, 6) is -1.13. The molecular weight excluding hydrogens is 358 g/mol. The summed E-state index contributed by atoms with van der Waals surface area (Å²) in [5, 5.41) is 5.45. The molecule has 0 aliphatic carbocycles. The fourth-order valence-corrected chi connectivity index (χ4v) is 3.12. The molecule has 2 N–H and O–H groups in total. The zero-order valence-electron chi connectivity index (χ0n) is 15.7. The van der Waals surface area contributed by atoms with Crippen molar-refractivity contribution in [1.29, 1.82) is 0 Å². The first-order valence-corrected chi connectivity index (χ1v) is 8.93. The van der Waals surface area contributed by atoms with Gasteiger partial charge in [-0.05, 0) is 43.3 Å². The molecule has 1 heterocycles. The summed E-state index contributed by atoms with van der Waals surface area (Å²) in [4.78, 5) is 49.1. The van der Waals surface area contributed by atoms with Gasteiger partial charge in [0.15, 0.2) is 5.78 Å². The van der Waals surface area contributed by atoms with E-state index >= 15 is 0 Å². The van der Waals surface area contributed by atoms with E-state index in [0.29, 0.717) is 22.6 Å². The van der Waals surface area contributed by atoms with Gasteiger partial charge in [-0.1, -0.05) is 12.1 Å². The fourth-order valence-electron chi connectivity index (χ4n) is 3.12. The number of amides is 3. The Balaban J connectivity index is 1.66. The van der Waals surface area contributed by atoms with Gasteiger partial charge >= 0.3 is 0 Å². The predicted octanol–water partition coefficient (Wildman–Crippen LogP) is 2.84. The molecule has 1 aliphatic heterocycles. The van der Waals surface area contributed by atoms with Crippen molar-refractivity contribution >= 4 is 40.6 Å². The molecule has 3 amide bonds. The van der Waals surface area contributed by atoms with Crippen molar-refractivity contribution in [3.63, 3.8) is 0 Å². The third kappa shape index (κ3) is 4.43. The van der Waals surface area contributed by atoms with Crippen LogP contribution in [0.3, 0.4) is 0 Å². The second-order valence-electron chi connectivity index (χ2n) is 6.76. The average molecular weight is 379 g/mol. The lowest BCUT2D eigenvalue weighted by molar-refractivity contribution is -0.122. The van der Waals surface area contributed by atoms with Crippen LogP contribution in [0.2, 0.25) is 0 Å². The highest BCUT2D eigenvalue weighted by atomic mass is 16.2. The average Bonchev–Trinajstić information content (AvgIpc) is 3.04. The van der Waals surface area contributed by atoms with Crippen molar-refractivity contribution in [2.75, 3.05) is 22.1 Å². The van der Waals surface area contributed by atoms with Crippen LogP contribution in [0.15, 0.2) is 48.5 Å². The Bertz CT molecular complexity index is 937. The number of hydrogen-bond acceptors (Lipinski definition) is 4. The summed E-state index contributed by atoms with van der Waals surface area (Å²) in [6.45, 7) is 3.16. The minimum Gasteiger partial charge on any atom is -0.326 e. The Morgan fingerprint density at radius 2 is 1.68 bits per heavy atom. The molecule has 144 valence electrons. The maximum Gasteiger partial charge on any atom is 0.229 e. The molecule has 0 radical (unpaired) electrons. The van der Waals surface area contributed by atoms with Crippen LogP contribution in [-0.4, -0.2) is 30.0 Å². The van der Waals surface area contributed by atoms with Crippen LogP contribution in [0.4, 0.5) is 17.1 Å². The number of rotatable bonds is 5. The van der Waals surface area contributed by atoms with Gasteiger partial charge in [-0.25, -0.2) is 0 Å². The molecule has 1 fully saturated rings. The van der Waals surface area contributed by atoms with Gasteiger partial charge in [0.1, 0.15) is 0 Å². The number of carbonyl (C=O) groups is 4. The van der Waals surface area contributed by atoms with Gasteiger partial charge in [-0.3, -0.25) is 19.2 Å². The molecule has 3 rings (SSSR count). The first-order chi connectivity index (χ1) is 13.3. The van der Waals surface area contributed by atoms with Gasteiger partial charge in [0.2, 0.25) is 17.7 Å². The number of benzene rings is 2. The second kappa shape index (κ2) is 8.04. The van der Waals surface area contributed by atoms with Gasteiger partial charge in [0.25, 0.3) is 0 Å². The number of hydrogen-bond donors (Lipinski definition) is 2. The topological polar surface area (TPSA) is 95.6 Å². The summed E-state index contributed by atoms with van der Waals surface area (Å²) >= 11 is 0. The maximum absolute atomic E-state index is 12.6. The number of nitrogens with zero attached hydrogens (tertiary/aromatic N) is 1. The smallest absolute Gasteiger partial charge is 0.229 e. The van der Waals surface area contributed by atoms with Crippen LogP contribution >= 0.6 is 0 Å². The Hall–Kier alpha value is -3.48. The standard InChI is InChI=1S/C21H21N3O4/c1-13(25)15-4-3-5-18(10-15)23-21(28)16-11-20(27)24(12-16)19-8-6-17(7-9-19)22-14(2)26/h3-10,16H,11-12H2,1-2H3,(H,22,26)(H,23,28). The van der Waals surface area contributed by atoms with E-state index in [-0.39, 0.29) is 36.5 Å². The third-order valence-electron chi connectivity index (χ3n) is 4.53. The van der Waals surface area contributed by atoms with Crippen molar-refractivity contribution in [2.45, 2.75) is 20.3 Å². The van der Waals surface area contributed by atoms with E-state index in [1.54, 1.807) is 53.4 Å². The molecule has 28 heavy (non-hydrogen) atoms. The van der Waals surface area contributed by atoms with Crippen LogP contribution in [0.25, 0.3) is 0 Å². The Morgan fingerprint density at radius 3 is 2.32 bits per heavy atom. The highest BCUT2D eigenvalue weighted by Crippen LogP contribution is 2.27. The molecule has 7 nitrogen and oxygen atoms in total. The van der Waals surface area contributed by atoms with E-state index in [0.717, 1.165) is 0 Å². The van der Waals surface area contributed by atoms with Gasteiger partial charge in [-0.2, -0.15) is 0 Å². The first kappa shape index (κ1) is 19.3. The summed E-state index contributed by atoms with van der Waals surface area (Å²) in [7, 11) is 0. The Kier molecular flexibility index (Phi) is 5.54. The zero-order valence-corrected chi connectivity index (χ0v) is 15.7. The molecular formula is C21H21N3O4. The highest BCUT2D eigenvalue weighted by Gasteiger charge is 2.35. The van der Waals surface area contributed by atoms with E-state index in [9.17, 15) is 19.2 Å². The lowest BCUT2D eigenvalue weighted by Crippen LogP contribution is -2.28. The van der Waals surface area contributed by atoms with Crippen molar-refractivity contribution in [1.82, 2.24) is 0 Å². The molecule has 0 saturated carbocycles. The van der Waals surface area contributed by atoms with E-state index in [1.807, 2.05) is 0 Å². The molecule has 1 unspecified atom stereocenters. The number of nitrogens with one attached hydrogen (secondary N) is 2. The van der Waals surface area contributed by atoms with Crippen molar-refractivity contribution in [2.24, 2.45) is 5.92 Å². The van der Waals surface area contributed by atoms with E-state index in [2.05, 4.69) is 10.6 Å². The lowest BCUT2D eigenvalue weighted by atomic mass is 10.1. The summed E-state index contributed by atoms with van der Waals surface area (Å²) in [6, 6.07) is 13.6. The molecule has 0 aromatic heterocycles. The Labute approximate surface area is 162 Å². The number of carbonyl (C=O) groups excluding carboxylic acids is 4. The predicted molar refractivity (Wildman–Crippen MR) is 106 cm³/mol. The van der Waals surface area contributed by atoms with E-state index in [4.69, 9.17) is 0 Å². The lowest BCUT2D eigenvalue weighted by Gasteiger charge is -2.17. The minimum absolute atomic E-state index is 0.0824. The minimum atomic E-state index is -0.483. The summed E-state index contributed by atoms with van der Waals surface area (Å²) in [5.41, 5.74) is 2.36. The van der Waals surface area contributed by atoms with Crippen molar-refractivity contribution in [3.05, 3.63) is 54.1 Å². The summed E-state index contributed by atoms with van der Waals surface area (Å²) < 4.78 is 0. The normalized spacial score (nSPS) is 16.0. The quantitative estimate of drug-likeness (QED) is 0.781. The summed E-state index contributed by atoms with van der Waals surface area (Å²) in [6.07, 6.45) is 0.117. The largest absolute Gasteiger partial charge is 0.326 e. The molecule has 7 heteroatoms. The molecule has 1 aliphatic rings. The van der Waals surface area contributed by atoms with Gasteiger partial charge in [0.05, 0.1) is 5.92 Å². The van der Waals surface area contributed by atoms with Crippen LogP contribution in [0.1, 0.15) is 30.6 Å². The Morgan fingerprint density at radius 1 is 0.964 bits per heavy atom. The number of ketones is 1. The molecule has 0 spiro atoms. The van der Waals surface area contributed by atoms with E-state index in [1.165, 1.54) is 13.8 Å². The van der Waals surface area contributed by atoms with Gasteiger partial charge in [0, 0.05) is 42.5 Å². The van der Waals surface area contributed by atoms with Crippen LogP contribution in [0, 0.1) is 5.92 Å². The maximum atomic E-state index is 12.6. The van der Waals surface area contributed by atoms with Gasteiger partial charge in [-0.15, -0.1) is 0 Å². The molecule has 2 aromatic carbocycles. The molecule has 1 saturated heterocycles. The van der Waals surface area contributed by atoms with Crippen molar-refractivity contribution in [3.8, 4) is 0 Å². The highest BCUT2D eigenvalue weighted by molar-refractivity contribution is 6.04. The second-order valence-corrected chi connectivity index (χ2v) is 6.76. The third-order valence-corrected chi connectivity index (χ3v) is 4.53. The number of anilines is 3. The fraction of sp³-hybridized carbons (Fsp3) is 0.238. The zero-order chi connectivity index (χ0) is 20.3. The van der Waals surface area contributed by atoms with E-state index < -0.39 is 5.92 Å². The van der Waals surface area contributed by atoms with Crippen molar-refractivity contribution < 1.29 is 19.2 Å². The van der Waals surface area contributed by atoms with Crippen LogP contribution in [0.5, 0.6) is 0 Å². The van der Waals surface area contributed by atoms with Crippen LogP contribution < -0.4 is 15.5 Å². The first-order valence-electron chi connectivity index (χ1n) is 8.93. The molecule has 2 aromatic rings. The SMILES string of the molecule is CC(=O)Nc1ccc(N2CC(C(=O)Nc3cccc(C(C)=O)c3)CC2=O)cc1. The van der Waals surface area contributed by atoms with Gasteiger partial charge < -0.3 is 15.5 Å².